The second kappa shape index (κ2) is 12.5. The number of anilines is 1. The van der Waals surface area contributed by atoms with Gasteiger partial charge in [0.1, 0.15) is 23.1 Å². The van der Waals surface area contributed by atoms with Crippen LogP contribution in [0, 0.1) is 11.6 Å². The number of hydrogen-bond donors (Lipinski definition) is 1. The van der Waals surface area contributed by atoms with E-state index >= 15 is 0 Å². The smallest absolute Gasteiger partial charge is 0.322 e. The lowest BCUT2D eigenvalue weighted by atomic mass is 10.0. The molecule has 1 aliphatic rings. The van der Waals surface area contributed by atoms with E-state index < -0.39 is 11.6 Å². The summed E-state index contributed by atoms with van der Waals surface area (Å²) in [5.74, 6) is 0.0887. The number of methoxy groups -OCH3 is 2. The molecule has 1 aliphatic heterocycles. The molecule has 0 spiro atoms. The second-order valence-electron chi connectivity index (χ2n) is 9.13. The fraction of sp³-hybridized carbons (Fsp3) is 0.345. The van der Waals surface area contributed by atoms with Crippen molar-refractivity contribution in [3.63, 3.8) is 0 Å². The number of carbonyl (C=O) groups is 1. The molecule has 1 fully saturated rings. The monoisotopic (exact) mass is 509 g/mol. The lowest BCUT2D eigenvalue weighted by Gasteiger charge is -2.39. The predicted molar refractivity (Wildman–Crippen MR) is 140 cm³/mol. The van der Waals surface area contributed by atoms with Crippen LogP contribution >= 0.6 is 0 Å². The van der Waals surface area contributed by atoms with Crippen molar-refractivity contribution >= 4 is 11.7 Å². The van der Waals surface area contributed by atoms with Gasteiger partial charge in [-0.05, 0) is 49.1 Å². The van der Waals surface area contributed by atoms with Crippen LogP contribution < -0.4 is 14.8 Å². The van der Waals surface area contributed by atoms with Gasteiger partial charge in [-0.2, -0.15) is 0 Å². The Kier molecular flexibility index (Phi) is 8.95. The second-order valence-corrected chi connectivity index (χ2v) is 9.13. The first-order valence-corrected chi connectivity index (χ1v) is 12.5. The Labute approximate surface area is 216 Å². The molecule has 0 atom stereocenters. The molecule has 1 heterocycles. The molecule has 0 aliphatic carbocycles. The van der Waals surface area contributed by atoms with Gasteiger partial charge >= 0.3 is 6.03 Å². The van der Waals surface area contributed by atoms with Crippen molar-refractivity contribution in [2.24, 2.45) is 0 Å². The van der Waals surface area contributed by atoms with Gasteiger partial charge in [-0.3, -0.25) is 4.90 Å². The molecule has 37 heavy (non-hydrogen) atoms. The number of nitrogens with zero attached hydrogens (tertiary/aromatic N) is 2. The number of likely N-dealkylation sites (tertiary alicyclic amines) is 1. The fourth-order valence-corrected chi connectivity index (χ4v) is 4.82. The molecule has 6 nitrogen and oxygen atoms in total. The lowest BCUT2D eigenvalue weighted by molar-refractivity contribution is 0.123. The summed E-state index contributed by atoms with van der Waals surface area (Å²) >= 11 is 0. The van der Waals surface area contributed by atoms with Gasteiger partial charge in [0.2, 0.25) is 0 Å². The largest absolute Gasteiger partial charge is 0.496 e. The first kappa shape index (κ1) is 26.4. The standard InChI is InChI=1S/C29H33F2N3O3/c1-36-27-9-6-10-28(37-2)24(27)20-33-16-14-23(15-17-33)34(18-13-21-7-4-3-5-8-21)29(35)32-26-12-11-22(30)19-25(26)31/h3-12,19,23H,13-18,20H2,1-2H3,(H,32,35). The SMILES string of the molecule is COc1cccc(OC)c1CN1CCC(N(CCc2ccccc2)C(=O)Nc2ccc(F)cc2F)CC1. The third-order valence-corrected chi connectivity index (χ3v) is 6.83. The van der Waals surface area contributed by atoms with Crippen LogP contribution in [0.3, 0.4) is 0 Å². The molecule has 0 bridgehead atoms. The van der Waals surface area contributed by atoms with E-state index in [0.29, 0.717) is 19.5 Å². The quantitative estimate of drug-likeness (QED) is 0.401. The molecule has 8 heteroatoms. The van der Waals surface area contributed by atoms with Crippen molar-refractivity contribution < 1.29 is 23.0 Å². The minimum Gasteiger partial charge on any atom is -0.496 e. The molecular formula is C29H33F2N3O3. The number of ether oxygens (including phenoxy) is 2. The lowest BCUT2D eigenvalue weighted by Crippen LogP contribution is -2.49. The summed E-state index contributed by atoms with van der Waals surface area (Å²) in [6.45, 7) is 2.73. The first-order valence-electron chi connectivity index (χ1n) is 12.5. The molecule has 3 aromatic rings. The molecule has 0 aromatic heterocycles. The number of nitrogens with one attached hydrogen (secondary N) is 1. The maximum Gasteiger partial charge on any atom is 0.322 e. The Hall–Kier alpha value is -3.65. The number of piperidine rings is 1. The van der Waals surface area contributed by atoms with Gasteiger partial charge in [0.05, 0.1) is 25.5 Å². The van der Waals surface area contributed by atoms with Crippen LogP contribution in [0.1, 0.15) is 24.0 Å². The Bertz CT molecular complexity index is 1160. The van der Waals surface area contributed by atoms with E-state index in [9.17, 15) is 13.6 Å². The van der Waals surface area contributed by atoms with E-state index in [0.717, 1.165) is 60.7 Å². The average Bonchev–Trinajstić information content (AvgIpc) is 2.92. The molecular weight excluding hydrogens is 476 g/mol. The van der Waals surface area contributed by atoms with Crippen molar-refractivity contribution in [3.05, 3.63) is 89.5 Å². The highest BCUT2D eigenvalue weighted by atomic mass is 19.1. The molecule has 0 radical (unpaired) electrons. The maximum absolute atomic E-state index is 14.2. The Balaban J connectivity index is 1.45. The number of halogens is 2. The highest BCUT2D eigenvalue weighted by Gasteiger charge is 2.29. The molecule has 1 N–H and O–H groups in total. The zero-order valence-electron chi connectivity index (χ0n) is 21.3. The maximum atomic E-state index is 14.2. The summed E-state index contributed by atoms with van der Waals surface area (Å²) in [4.78, 5) is 17.4. The number of benzene rings is 3. The summed E-state index contributed by atoms with van der Waals surface area (Å²) in [5, 5.41) is 2.65. The fourth-order valence-electron chi connectivity index (χ4n) is 4.82. The normalized spacial score (nSPS) is 14.3. The third-order valence-electron chi connectivity index (χ3n) is 6.83. The van der Waals surface area contributed by atoms with E-state index in [1.807, 2.05) is 48.5 Å². The van der Waals surface area contributed by atoms with Crippen LogP contribution in [-0.2, 0) is 13.0 Å². The van der Waals surface area contributed by atoms with Crippen molar-refractivity contribution in [2.75, 3.05) is 39.2 Å². The van der Waals surface area contributed by atoms with E-state index in [1.165, 1.54) is 6.07 Å². The molecule has 3 aromatic carbocycles. The molecule has 0 saturated carbocycles. The summed E-state index contributed by atoms with van der Waals surface area (Å²) in [6, 6.07) is 18.5. The van der Waals surface area contributed by atoms with Gasteiger partial charge in [-0.25, -0.2) is 13.6 Å². The number of amides is 2. The Morgan fingerprint density at radius 3 is 2.27 bits per heavy atom. The van der Waals surface area contributed by atoms with Gasteiger partial charge in [-0.15, -0.1) is 0 Å². The topological polar surface area (TPSA) is 54.0 Å². The molecule has 1 saturated heterocycles. The van der Waals surface area contributed by atoms with Gasteiger partial charge in [-0.1, -0.05) is 36.4 Å². The Morgan fingerprint density at radius 1 is 0.973 bits per heavy atom. The van der Waals surface area contributed by atoms with Gasteiger partial charge in [0.25, 0.3) is 0 Å². The van der Waals surface area contributed by atoms with Crippen LogP contribution in [-0.4, -0.2) is 55.7 Å². The van der Waals surface area contributed by atoms with Crippen molar-refractivity contribution in [2.45, 2.75) is 31.8 Å². The van der Waals surface area contributed by atoms with Gasteiger partial charge in [0.15, 0.2) is 0 Å². The minimum absolute atomic E-state index is 0.0111. The highest BCUT2D eigenvalue weighted by Crippen LogP contribution is 2.31. The van der Waals surface area contributed by atoms with E-state index in [4.69, 9.17) is 9.47 Å². The number of hydrogen-bond acceptors (Lipinski definition) is 4. The van der Waals surface area contributed by atoms with Crippen LogP contribution in [0.15, 0.2) is 66.7 Å². The van der Waals surface area contributed by atoms with Gasteiger partial charge in [0, 0.05) is 38.3 Å². The van der Waals surface area contributed by atoms with Crippen molar-refractivity contribution in [3.8, 4) is 11.5 Å². The van der Waals surface area contributed by atoms with Crippen LogP contribution in [0.5, 0.6) is 11.5 Å². The average molecular weight is 510 g/mol. The summed E-state index contributed by atoms with van der Waals surface area (Å²) in [5.41, 5.74) is 2.09. The number of rotatable bonds is 9. The number of urea groups is 1. The molecule has 0 unspecified atom stereocenters. The zero-order valence-corrected chi connectivity index (χ0v) is 21.3. The van der Waals surface area contributed by atoms with Gasteiger partial charge < -0.3 is 19.7 Å². The minimum atomic E-state index is -0.795. The van der Waals surface area contributed by atoms with Crippen molar-refractivity contribution in [1.82, 2.24) is 9.80 Å². The number of carbonyl (C=O) groups excluding carboxylic acids is 1. The van der Waals surface area contributed by atoms with Crippen molar-refractivity contribution in [1.29, 1.82) is 0 Å². The van der Waals surface area contributed by atoms with E-state index in [-0.39, 0.29) is 17.8 Å². The van der Waals surface area contributed by atoms with Crippen LogP contribution in [0.2, 0.25) is 0 Å². The van der Waals surface area contributed by atoms with E-state index in [2.05, 4.69) is 10.2 Å². The van der Waals surface area contributed by atoms with E-state index in [1.54, 1.807) is 19.1 Å². The van der Waals surface area contributed by atoms with Crippen LogP contribution in [0.25, 0.3) is 0 Å². The summed E-state index contributed by atoms with van der Waals surface area (Å²) in [6.07, 6.45) is 2.22. The predicted octanol–water partition coefficient (Wildman–Crippen LogP) is 5.72. The molecule has 196 valence electrons. The zero-order chi connectivity index (χ0) is 26.2. The summed E-state index contributed by atoms with van der Waals surface area (Å²) in [7, 11) is 3.30. The molecule has 4 rings (SSSR count). The molecule has 2 amide bonds. The first-order chi connectivity index (χ1) is 18.0. The Morgan fingerprint density at radius 2 is 1.65 bits per heavy atom. The summed E-state index contributed by atoms with van der Waals surface area (Å²) < 4.78 is 38.7. The van der Waals surface area contributed by atoms with Crippen LogP contribution in [0.4, 0.5) is 19.3 Å². The third kappa shape index (κ3) is 6.77. The highest BCUT2D eigenvalue weighted by molar-refractivity contribution is 5.89.